The number of amides is 1. The molecular formula is C30H34N2O6. The van der Waals surface area contributed by atoms with E-state index in [4.69, 9.17) is 13.9 Å². The van der Waals surface area contributed by atoms with Crippen LogP contribution in [0.2, 0.25) is 0 Å². The number of aliphatic hydroxyl groups is 1. The van der Waals surface area contributed by atoms with Crippen molar-refractivity contribution in [1.29, 1.82) is 0 Å². The van der Waals surface area contributed by atoms with Gasteiger partial charge in [-0.3, -0.25) is 14.5 Å². The number of rotatable bonds is 10. The van der Waals surface area contributed by atoms with Crippen molar-refractivity contribution in [3.63, 3.8) is 0 Å². The van der Waals surface area contributed by atoms with Crippen molar-refractivity contribution >= 4 is 22.7 Å². The zero-order valence-corrected chi connectivity index (χ0v) is 21.9. The Hall–Kier alpha value is -3.62. The van der Waals surface area contributed by atoms with E-state index in [1.807, 2.05) is 56.3 Å². The van der Waals surface area contributed by atoms with Crippen molar-refractivity contribution in [2.24, 2.45) is 0 Å². The summed E-state index contributed by atoms with van der Waals surface area (Å²) in [5.41, 5.74) is 2.36. The number of furan rings is 1. The summed E-state index contributed by atoms with van der Waals surface area (Å²) >= 11 is 0. The van der Waals surface area contributed by atoms with Crippen LogP contribution in [0, 0.1) is 6.92 Å². The molecule has 8 nitrogen and oxygen atoms in total. The maximum absolute atomic E-state index is 13.8. The molecule has 200 valence electrons. The molecule has 0 spiro atoms. The maximum atomic E-state index is 13.8. The van der Waals surface area contributed by atoms with Gasteiger partial charge in [-0.2, -0.15) is 0 Å². The van der Waals surface area contributed by atoms with E-state index in [-0.39, 0.29) is 11.3 Å². The second kappa shape index (κ2) is 11.4. The van der Waals surface area contributed by atoms with E-state index in [1.165, 1.54) is 0 Å². The Morgan fingerprint density at radius 3 is 2.71 bits per heavy atom. The number of morpholine rings is 1. The van der Waals surface area contributed by atoms with Gasteiger partial charge in [0.05, 0.1) is 31.4 Å². The highest BCUT2D eigenvalue weighted by atomic mass is 16.5. The van der Waals surface area contributed by atoms with Gasteiger partial charge < -0.3 is 23.9 Å². The number of Topliss-reactive ketones (excluding diaryl/α,β-unsaturated/α-hetero) is 1. The number of hydrogen-bond donors (Lipinski definition) is 1. The minimum Gasteiger partial charge on any atom is -0.503 e. The quantitative estimate of drug-likeness (QED) is 0.384. The van der Waals surface area contributed by atoms with Gasteiger partial charge in [0.15, 0.2) is 11.5 Å². The van der Waals surface area contributed by atoms with E-state index in [0.717, 1.165) is 37.0 Å². The molecule has 0 radical (unpaired) electrons. The van der Waals surface area contributed by atoms with Crippen LogP contribution >= 0.6 is 0 Å². The Bertz CT molecular complexity index is 1350. The molecule has 1 saturated heterocycles. The minimum atomic E-state index is -0.750. The van der Waals surface area contributed by atoms with Gasteiger partial charge in [0.2, 0.25) is 5.78 Å². The molecule has 0 bridgehead atoms. The van der Waals surface area contributed by atoms with Crippen molar-refractivity contribution in [2.45, 2.75) is 32.7 Å². The summed E-state index contributed by atoms with van der Waals surface area (Å²) in [5, 5.41) is 11.8. The SMILES string of the molecule is CCCOc1cccc(C2C(C(=O)c3cc4cc(C)ccc4o3)=C(O)C(=O)N2CCCN2CCOCC2)c1. The summed E-state index contributed by atoms with van der Waals surface area (Å²) in [6, 6.07) is 14.0. The molecule has 1 amide bonds. The second-order valence-corrected chi connectivity index (χ2v) is 9.87. The summed E-state index contributed by atoms with van der Waals surface area (Å²) in [7, 11) is 0. The molecule has 1 atom stereocenters. The molecule has 3 heterocycles. The molecule has 38 heavy (non-hydrogen) atoms. The van der Waals surface area contributed by atoms with Crippen molar-refractivity contribution in [2.75, 3.05) is 46.0 Å². The van der Waals surface area contributed by atoms with E-state index in [0.29, 0.717) is 49.7 Å². The van der Waals surface area contributed by atoms with Crippen LogP contribution in [-0.4, -0.2) is 72.6 Å². The normalized spacial score (nSPS) is 18.5. The lowest BCUT2D eigenvalue weighted by Gasteiger charge is -2.30. The highest BCUT2D eigenvalue weighted by molar-refractivity contribution is 6.16. The van der Waals surface area contributed by atoms with Crippen molar-refractivity contribution in [3.8, 4) is 5.75 Å². The van der Waals surface area contributed by atoms with Gasteiger partial charge >= 0.3 is 0 Å². The Kier molecular flexibility index (Phi) is 7.81. The highest BCUT2D eigenvalue weighted by Gasteiger charge is 2.44. The van der Waals surface area contributed by atoms with Gasteiger partial charge in [-0.05, 0) is 55.7 Å². The third-order valence-corrected chi connectivity index (χ3v) is 7.07. The predicted octanol–water partition coefficient (Wildman–Crippen LogP) is 4.83. The van der Waals surface area contributed by atoms with Crippen LogP contribution in [0.3, 0.4) is 0 Å². The first kappa shape index (κ1) is 26.0. The van der Waals surface area contributed by atoms with Gasteiger partial charge in [-0.15, -0.1) is 0 Å². The molecule has 3 aromatic rings. The number of fused-ring (bicyclic) bond motifs is 1. The first-order valence-electron chi connectivity index (χ1n) is 13.3. The number of aryl methyl sites for hydroxylation is 1. The largest absolute Gasteiger partial charge is 0.503 e. The molecule has 1 aromatic heterocycles. The third kappa shape index (κ3) is 5.33. The zero-order chi connectivity index (χ0) is 26.6. The van der Waals surface area contributed by atoms with Crippen LogP contribution in [0.1, 0.15) is 47.5 Å². The smallest absolute Gasteiger partial charge is 0.290 e. The molecule has 2 aliphatic heterocycles. The Morgan fingerprint density at radius 1 is 1.11 bits per heavy atom. The van der Waals surface area contributed by atoms with Crippen LogP contribution in [0.5, 0.6) is 5.75 Å². The molecule has 1 fully saturated rings. The van der Waals surface area contributed by atoms with E-state index < -0.39 is 23.5 Å². The summed E-state index contributed by atoms with van der Waals surface area (Å²) in [6.45, 7) is 8.86. The van der Waals surface area contributed by atoms with Crippen molar-refractivity contribution in [3.05, 3.63) is 76.8 Å². The molecule has 0 aliphatic carbocycles. The van der Waals surface area contributed by atoms with E-state index in [1.54, 1.807) is 11.0 Å². The fourth-order valence-electron chi connectivity index (χ4n) is 5.15. The molecular weight excluding hydrogens is 484 g/mol. The first-order chi connectivity index (χ1) is 18.5. The number of carbonyl (C=O) groups is 2. The maximum Gasteiger partial charge on any atom is 0.290 e. The summed E-state index contributed by atoms with van der Waals surface area (Å²) in [5.74, 6) is -0.818. The van der Waals surface area contributed by atoms with Crippen LogP contribution in [-0.2, 0) is 9.53 Å². The van der Waals surface area contributed by atoms with E-state index in [2.05, 4.69) is 4.90 Å². The fourth-order valence-corrected chi connectivity index (χ4v) is 5.15. The second-order valence-electron chi connectivity index (χ2n) is 9.87. The lowest BCUT2D eigenvalue weighted by atomic mass is 9.94. The monoisotopic (exact) mass is 518 g/mol. The van der Waals surface area contributed by atoms with Gasteiger partial charge in [0.25, 0.3) is 5.91 Å². The predicted molar refractivity (Wildman–Crippen MR) is 143 cm³/mol. The minimum absolute atomic E-state index is 0.0322. The zero-order valence-electron chi connectivity index (χ0n) is 21.9. The topological polar surface area (TPSA) is 92.5 Å². The van der Waals surface area contributed by atoms with Crippen LogP contribution in [0.15, 0.2) is 64.3 Å². The summed E-state index contributed by atoms with van der Waals surface area (Å²) in [4.78, 5) is 31.1. The first-order valence-corrected chi connectivity index (χ1v) is 13.3. The van der Waals surface area contributed by atoms with Crippen molar-refractivity contribution < 1.29 is 28.6 Å². The number of ketones is 1. The molecule has 0 saturated carbocycles. The summed E-state index contributed by atoms with van der Waals surface area (Å²) < 4.78 is 17.1. The lowest BCUT2D eigenvalue weighted by molar-refractivity contribution is -0.129. The highest BCUT2D eigenvalue weighted by Crippen LogP contribution is 2.40. The Morgan fingerprint density at radius 2 is 1.92 bits per heavy atom. The molecule has 8 heteroatoms. The standard InChI is InChI=1S/C30H34N2O6/c1-3-14-37-23-7-4-6-21(18-23)27-26(28(33)25-19-22-17-20(2)8-9-24(22)38-25)29(34)30(35)32(27)11-5-10-31-12-15-36-16-13-31/h4,6-9,17-19,27,34H,3,5,10-16H2,1-2H3. The van der Waals surface area contributed by atoms with Crippen LogP contribution < -0.4 is 4.74 Å². The van der Waals surface area contributed by atoms with Gasteiger partial charge in [-0.25, -0.2) is 0 Å². The van der Waals surface area contributed by atoms with Gasteiger partial charge in [0, 0.05) is 31.6 Å². The van der Waals surface area contributed by atoms with Crippen LogP contribution in [0.4, 0.5) is 0 Å². The average Bonchev–Trinajstić information content (AvgIpc) is 3.46. The Balaban J connectivity index is 1.47. The Labute approximate surface area is 222 Å². The van der Waals surface area contributed by atoms with E-state index >= 15 is 0 Å². The number of aliphatic hydroxyl groups excluding tert-OH is 1. The molecule has 2 aromatic carbocycles. The average molecular weight is 519 g/mol. The molecule has 5 rings (SSSR count). The van der Waals surface area contributed by atoms with Crippen LogP contribution in [0.25, 0.3) is 11.0 Å². The molecule has 1 unspecified atom stereocenters. The molecule has 2 aliphatic rings. The van der Waals surface area contributed by atoms with Crippen molar-refractivity contribution in [1.82, 2.24) is 9.80 Å². The number of nitrogens with zero attached hydrogens (tertiary/aromatic N) is 2. The number of ether oxygens (including phenoxy) is 2. The molecule has 1 N–H and O–H groups in total. The fraction of sp³-hybridized carbons (Fsp3) is 0.400. The van der Waals surface area contributed by atoms with E-state index in [9.17, 15) is 14.7 Å². The van der Waals surface area contributed by atoms with Gasteiger partial charge in [0.1, 0.15) is 11.3 Å². The van der Waals surface area contributed by atoms with Gasteiger partial charge in [-0.1, -0.05) is 30.7 Å². The number of benzene rings is 2. The lowest BCUT2D eigenvalue weighted by Crippen LogP contribution is -2.39. The number of hydrogen-bond acceptors (Lipinski definition) is 7. The number of carbonyl (C=O) groups excluding carboxylic acids is 2. The summed E-state index contributed by atoms with van der Waals surface area (Å²) in [6.07, 6.45) is 1.56. The third-order valence-electron chi connectivity index (χ3n) is 7.07.